The van der Waals surface area contributed by atoms with E-state index < -0.39 is 0 Å². The maximum atomic E-state index is 12.8. The van der Waals surface area contributed by atoms with E-state index in [1.54, 1.807) is 0 Å². The summed E-state index contributed by atoms with van der Waals surface area (Å²) in [4.78, 5) is 25.2. The predicted molar refractivity (Wildman–Crippen MR) is 83.1 cm³/mol. The second kappa shape index (κ2) is 4.66. The van der Waals surface area contributed by atoms with Crippen LogP contribution in [-0.4, -0.2) is 22.8 Å². The highest BCUT2D eigenvalue weighted by Crippen LogP contribution is 2.64. The maximum Gasteiger partial charge on any atom is 0.139 e. The normalized spacial score (nSPS) is 54.6. The molecule has 0 aromatic heterocycles. The summed E-state index contributed by atoms with van der Waals surface area (Å²) >= 11 is 0. The smallest absolute Gasteiger partial charge is 0.139 e. The van der Waals surface area contributed by atoms with Crippen molar-refractivity contribution in [2.24, 2.45) is 34.5 Å². The number of aliphatic hydroxyl groups excluding tert-OH is 1. The topological polar surface area (TPSA) is 54.4 Å². The molecule has 3 heteroatoms. The molecule has 0 aromatic carbocycles. The molecule has 0 aromatic rings. The third-order valence-corrected chi connectivity index (χ3v) is 8.14. The third-order valence-electron chi connectivity index (χ3n) is 8.14. The molecule has 0 radical (unpaired) electrons. The predicted octanol–water partition coefficient (Wildman–Crippen LogP) is 3.14. The minimum absolute atomic E-state index is 0.0546. The Morgan fingerprint density at radius 3 is 2.59 bits per heavy atom. The van der Waals surface area contributed by atoms with Crippen molar-refractivity contribution in [3.05, 3.63) is 0 Å². The average Bonchev–Trinajstić information content (AvgIpc) is 2.77. The van der Waals surface area contributed by atoms with Crippen LogP contribution >= 0.6 is 0 Å². The molecular formula is C19H28O3. The Morgan fingerprint density at radius 1 is 1.05 bits per heavy atom. The van der Waals surface area contributed by atoms with Crippen LogP contribution < -0.4 is 0 Å². The molecule has 7 atom stereocenters. The van der Waals surface area contributed by atoms with E-state index in [1.165, 1.54) is 0 Å². The van der Waals surface area contributed by atoms with Gasteiger partial charge in [-0.1, -0.05) is 13.8 Å². The van der Waals surface area contributed by atoms with Crippen molar-refractivity contribution >= 4 is 11.6 Å². The molecular weight excluding hydrogens is 276 g/mol. The van der Waals surface area contributed by atoms with Gasteiger partial charge in [-0.3, -0.25) is 9.59 Å². The standard InChI is InChI=1S/C19H28O3/c1-18-7-5-11(20)9-15(18)16(21)10-12-13-3-4-17(22)19(13,2)8-6-14(12)18/h11-15,20H,3-10H2,1-2H3/t11-,12+,13+,14-,15+,18+,19-/m0/s1. The third kappa shape index (κ3) is 1.78. The van der Waals surface area contributed by atoms with Crippen LogP contribution in [0.2, 0.25) is 0 Å². The van der Waals surface area contributed by atoms with Gasteiger partial charge in [0, 0.05) is 24.2 Å². The second-order valence-corrected chi connectivity index (χ2v) is 8.95. The SMILES string of the molecule is C[C@]12CC[C@H](O)C[C@@H]1C(=O)C[C@@H]1[C@H]3CCC(=O)[C@@]3(C)CC[C@@H]12. The molecule has 0 unspecified atom stereocenters. The first-order chi connectivity index (χ1) is 10.4. The molecule has 4 aliphatic rings. The van der Waals surface area contributed by atoms with E-state index in [0.717, 1.165) is 38.5 Å². The van der Waals surface area contributed by atoms with Gasteiger partial charge < -0.3 is 5.11 Å². The summed E-state index contributed by atoms with van der Waals surface area (Å²) in [5, 5.41) is 10.0. The van der Waals surface area contributed by atoms with E-state index in [4.69, 9.17) is 0 Å². The number of aliphatic hydroxyl groups is 1. The molecule has 4 saturated carbocycles. The number of Topliss-reactive ketones (excluding diaryl/α,β-unsaturated/α-hetero) is 2. The van der Waals surface area contributed by atoms with Gasteiger partial charge in [-0.05, 0) is 61.7 Å². The Balaban J connectivity index is 1.69. The number of rotatable bonds is 0. The zero-order valence-corrected chi connectivity index (χ0v) is 13.8. The van der Waals surface area contributed by atoms with Gasteiger partial charge in [0.1, 0.15) is 11.6 Å². The molecule has 0 aliphatic heterocycles. The monoisotopic (exact) mass is 304 g/mol. The van der Waals surface area contributed by atoms with Gasteiger partial charge in [0.25, 0.3) is 0 Å². The molecule has 4 rings (SSSR count). The van der Waals surface area contributed by atoms with Gasteiger partial charge in [0.15, 0.2) is 0 Å². The number of hydrogen-bond acceptors (Lipinski definition) is 3. The van der Waals surface area contributed by atoms with Crippen LogP contribution in [0.25, 0.3) is 0 Å². The van der Waals surface area contributed by atoms with Crippen molar-refractivity contribution in [1.82, 2.24) is 0 Å². The highest BCUT2D eigenvalue weighted by atomic mass is 16.3. The van der Waals surface area contributed by atoms with Gasteiger partial charge in [-0.2, -0.15) is 0 Å². The molecule has 4 fully saturated rings. The molecule has 0 spiro atoms. The highest BCUT2D eigenvalue weighted by molar-refractivity contribution is 5.88. The minimum atomic E-state index is -0.291. The molecule has 0 saturated heterocycles. The quantitative estimate of drug-likeness (QED) is 0.748. The summed E-state index contributed by atoms with van der Waals surface area (Å²) in [6, 6.07) is 0. The zero-order chi connectivity index (χ0) is 15.7. The molecule has 122 valence electrons. The minimum Gasteiger partial charge on any atom is -0.393 e. The fourth-order valence-electron chi connectivity index (χ4n) is 6.79. The van der Waals surface area contributed by atoms with Gasteiger partial charge in [-0.25, -0.2) is 0 Å². The number of ketones is 2. The Morgan fingerprint density at radius 2 is 1.82 bits per heavy atom. The summed E-state index contributed by atoms with van der Waals surface area (Å²) in [6.07, 6.45) is 6.67. The molecule has 0 amide bonds. The van der Waals surface area contributed by atoms with Crippen LogP contribution in [0.3, 0.4) is 0 Å². The first-order valence-electron chi connectivity index (χ1n) is 9.10. The highest BCUT2D eigenvalue weighted by Gasteiger charge is 2.62. The van der Waals surface area contributed by atoms with Crippen molar-refractivity contribution in [2.75, 3.05) is 0 Å². The lowest BCUT2D eigenvalue weighted by Gasteiger charge is -2.59. The van der Waals surface area contributed by atoms with Gasteiger partial charge in [-0.15, -0.1) is 0 Å². The molecule has 3 nitrogen and oxygen atoms in total. The van der Waals surface area contributed by atoms with Crippen molar-refractivity contribution in [3.63, 3.8) is 0 Å². The van der Waals surface area contributed by atoms with Crippen molar-refractivity contribution in [3.8, 4) is 0 Å². The van der Waals surface area contributed by atoms with Crippen molar-refractivity contribution < 1.29 is 14.7 Å². The first-order valence-corrected chi connectivity index (χ1v) is 9.10. The van der Waals surface area contributed by atoms with Gasteiger partial charge in [0.2, 0.25) is 0 Å². The van der Waals surface area contributed by atoms with Crippen LogP contribution in [-0.2, 0) is 9.59 Å². The Labute approximate surface area is 132 Å². The summed E-state index contributed by atoms with van der Waals surface area (Å²) < 4.78 is 0. The first kappa shape index (κ1) is 14.9. The van der Waals surface area contributed by atoms with Crippen LogP contribution in [0.4, 0.5) is 0 Å². The Hall–Kier alpha value is -0.700. The van der Waals surface area contributed by atoms with E-state index >= 15 is 0 Å². The number of carbonyl (C=O) groups is 2. The van der Waals surface area contributed by atoms with E-state index in [2.05, 4.69) is 13.8 Å². The summed E-state index contributed by atoms with van der Waals surface area (Å²) in [7, 11) is 0. The van der Waals surface area contributed by atoms with Crippen molar-refractivity contribution in [1.29, 1.82) is 0 Å². The van der Waals surface area contributed by atoms with Crippen LogP contribution in [0, 0.1) is 34.5 Å². The van der Waals surface area contributed by atoms with Crippen LogP contribution in [0.5, 0.6) is 0 Å². The fourth-order valence-corrected chi connectivity index (χ4v) is 6.79. The molecule has 4 aliphatic carbocycles. The Bertz CT molecular complexity index is 527. The largest absolute Gasteiger partial charge is 0.393 e. The van der Waals surface area contributed by atoms with E-state index in [9.17, 15) is 14.7 Å². The molecule has 0 heterocycles. The van der Waals surface area contributed by atoms with Crippen LogP contribution in [0.15, 0.2) is 0 Å². The second-order valence-electron chi connectivity index (χ2n) is 8.95. The number of hydrogen-bond donors (Lipinski definition) is 1. The maximum absolute atomic E-state index is 12.8. The molecule has 1 N–H and O–H groups in total. The van der Waals surface area contributed by atoms with E-state index in [0.29, 0.717) is 42.2 Å². The zero-order valence-electron chi connectivity index (χ0n) is 13.8. The fraction of sp³-hybridized carbons (Fsp3) is 0.895. The number of fused-ring (bicyclic) bond motifs is 5. The summed E-state index contributed by atoms with van der Waals surface area (Å²) in [5.41, 5.74) is -0.0922. The summed E-state index contributed by atoms with van der Waals surface area (Å²) in [6.45, 7) is 4.46. The van der Waals surface area contributed by atoms with E-state index in [-0.39, 0.29) is 22.9 Å². The summed E-state index contributed by atoms with van der Waals surface area (Å²) in [5.74, 6) is 2.27. The van der Waals surface area contributed by atoms with Crippen LogP contribution in [0.1, 0.15) is 65.2 Å². The molecule has 0 bridgehead atoms. The lowest BCUT2D eigenvalue weighted by Crippen LogP contribution is -2.57. The van der Waals surface area contributed by atoms with Gasteiger partial charge in [0.05, 0.1) is 6.10 Å². The van der Waals surface area contributed by atoms with E-state index in [1.807, 2.05) is 0 Å². The number of carbonyl (C=O) groups excluding carboxylic acids is 2. The lowest BCUT2D eigenvalue weighted by atomic mass is 9.45. The average molecular weight is 304 g/mol. The van der Waals surface area contributed by atoms with Gasteiger partial charge >= 0.3 is 0 Å². The molecule has 22 heavy (non-hydrogen) atoms. The van der Waals surface area contributed by atoms with Crippen molar-refractivity contribution in [2.45, 2.75) is 71.3 Å². The Kier molecular flexibility index (Phi) is 3.15. The lowest BCUT2D eigenvalue weighted by molar-refractivity contribution is -0.160.